The Balaban J connectivity index is 3.02. The highest BCUT2D eigenvalue weighted by Crippen LogP contribution is 2.39. The van der Waals surface area contributed by atoms with E-state index in [1.54, 1.807) is 0 Å². The zero-order valence-electron chi connectivity index (χ0n) is 15.2. The van der Waals surface area contributed by atoms with Crippen LogP contribution in [0.3, 0.4) is 0 Å². The Hall–Kier alpha value is -0.630. The second-order valence-electron chi connectivity index (χ2n) is 7.25. The van der Waals surface area contributed by atoms with Gasteiger partial charge in [0.05, 0.1) is 0 Å². The van der Waals surface area contributed by atoms with Gasteiger partial charge in [0.1, 0.15) is 0 Å². The van der Waals surface area contributed by atoms with Crippen LogP contribution in [-0.2, 0) is 0 Å². The van der Waals surface area contributed by atoms with E-state index in [0.717, 1.165) is 30.3 Å². The minimum absolute atomic E-state index is 0.514. The summed E-state index contributed by atoms with van der Waals surface area (Å²) in [6, 6.07) is 0. The number of hydrogen-bond acceptors (Lipinski definition) is 2. The van der Waals surface area contributed by atoms with E-state index in [1.165, 1.54) is 41.7 Å². The van der Waals surface area contributed by atoms with Gasteiger partial charge in [-0.05, 0) is 66.9 Å². The molecule has 0 spiro atoms. The number of hydrogen-bond donors (Lipinski definition) is 2. The van der Waals surface area contributed by atoms with Crippen molar-refractivity contribution in [3.63, 3.8) is 0 Å². The summed E-state index contributed by atoms with van der Waals surface area (Å²) in [5.41, 5.74) is 10.5. The third-order valence-corrected chi connectivity index (χ3v) is 6.07. The van der Waals surface area contributed by atoms with Gasteiger partial charge in [-0.1, -0.05) is 52.2 Å². The zero-order chi connectivity index (χ0) is 16.9. The fourth-order valence-electron chi connectivity index (χ4n) is 3.81. The maximum Gasteiger partial charge on any atom is 0.0317 e. The Morgan fingerprint density at radius 1 is 1.23 bits per heavy atom. The van der Waals surface area contributed by atoms with Crippen LogP contribution in [0, 0.1) is 17.8 Å². The molecule has 0 unspecified atom stereocenters. The predicted octanol–water partition coefficient (Wildman–Crippen LogP) is 6.24. The summed E-state index contributed by atoms with van der Waals surface area (Å²) >= 11 is 4.90. The second kappa shape index (κ2) is 8.86. The fraction of sp³-hybridized carbons (Fsp3) is 0.700. The highest BCUT2D eigenvalue weighted by Gasteiger charge is 2.26. The molecule has 126 valence electrons. The summed E-state index contributed by atoms with van der Waals surface area (Å²) in [5.74, 6) is 2.17. The van der Waals surface area contributed by atoms with Crippen LogP contribution < -0.4 is 5.73 Å². The Morgan fingerprint density at radius 2 is 1.77 bits per heavy atom. The molecule has 0 aliphatic heterocycles. The number of nitrogens with two attached hydrogens (primary N) is 1. The first-order chi connectivity index (χ1) is 10.3. The van der Waals surface area contributed by atoms with Gasteiger partial charge in [0.15, 0.2) is 0 Å². The molecule has 1 aliphatic rings. The highest BCUT2D eigenvalue weighted by atomic mass is 32.1. The van der Waals surface area contributed by atoms with E-state index in [1.807, 2.05) is 0 Å². The molecule has 0 aromatic rings. The van der Waals surface area contributed by atoms with Gasteiger partial charge in [-0.3, -0.25) is 0 Å². The molecule has 0 aromatic carbocycles. The molecule has 0 bridgehead atoms. The van der Waals surface area contributed by atoms with Gasteiger partial charge in [0.2, 0.25) is 0 Å². The van der Waals surface area contributed by atoms with Crippen LogP contribution >= 0.6 is 12.6 Å². The summed E-state index contributed by atoms with van der Waals surface area (Å²) in [4.78, 5) is 1.21. The van der Waals surface area contributed by atoms with Crippen molar-refractivity contribution in [2.24, 2.45) is 23.5 Å². The largest absolute Gasteiger partial charge is 0.399 e. The van der Waals surface area contributed by atoms with Crippen LogP contribution in [0.1, 0.15) is 73.1 Å². The molecule has 0 saturated heterocycles. The molecular weight excluding hydrogens is 286 g/mol. The van der Waals surface area contributed by atoms with Gasteiger partial charge in [-0.2, -0.15) is 0 Å². The maximum absolute atomic E-state index is 6.08. The van der Waals surface area contributed by atoms with Crippen molar-refractivity contribution in [3.8, 4) is 0 Å². The molecule has 0 heterocycles. The van der Waals surface area contributed by atoms with Crippen LogP contribution in [0.15, 0.2) is 33.9 Å². The Kier molecular flexibility index (Phi) is 7.82. The molecule has 0 aromatic heterocycles. The normalized spacial score (nSPS) is 26.1. The standard InChI is InChI=1S/C20H35NS/c1-7-8-14(3)19(17(6)21)16(5)20(22)15(4)18-11-9-13(2)10-12-18/h13,15,18,22H,6-12,21H2,1-5H3/b19-14-,20-16-/t13?,15-,18?/m1/s1. The first kappa shape index (κ1) is 19.4. The van der Waals surface area contributed by atoms with Gasteiger partial charge in [0, 0.05) is 5.70 Å². The first-order valence-corrected chi connectivity index (χ1v) is 9.28. The molecule has 1 rings (SSSR count). The van der Waals surface area contributed by atoms with Gasteiger partial charge in [-0.15, -0.1) is 12.6 Å². The van der Waals surface area contributed by atoms with E-state index in [2.05, 4.69) is 41.2 Å². The first-order valence-electron chi connectivity index (χ1n) is 8.84. The summed E-state index contributed by atoms with van der Waals surface area (Å²) in [7, 11) is 0. The summed E-state index contributed by atoms with van der Waals surface area (Å²) < 4.78 is 0. The van der Waals surface area contributed by atoms with Crippen LogP contribution in [0.25, 0.3) is 0 Å². The average Bonchev–Trinajstić information content (AvgIpc) is 2.46. The quantitative estimate of drug-likeness (QED) is 0.439. The number of allylic oxidation sites excluding steroid dienone is 3. The van der Waals surface area contributed by atoms with Crippen LogP contribution in [-0.4, -0.2) is 0 Å². The fourth-order valence-corrected chi connectivity index (χ4v) is 4.14. The summed E-state index contributed by atoms with van der Waals surface area (Å²) in [6.07, 6.45) is 7.58. The lowest BCUT2D eigenvalue weighted by Gasteiger charge is -2.32. The van der Waals surface area contributed by atoms with Crippen LogP contribution in [0.4, 0.5) is 0 Å². The SMILES string of the molecule is C=C(N)C(=C(/C)CCC)/C(C)=C(\S)[C@H](C)C1CCC(C)CC1. The van der Waals surface area contributed by atoms with Crippen molar-refractivity contribution in [3.05, 3.63) is 33.9 Å². The molecule has 0 radical (unpaired) electrons. The molecule has 2 heteroatoms. The summed E-state index contributed by atoms with van der Waals surface area (Å²) in [5, 5.41) is 0. The van der Waals surface area contributed by atoms with Crippen molar-refractivity contribution in [2.75, 3.05) is 0 Å². The van der Waals surface area contributed by atoms with Crippen molar-refractivity contribution in [1.29, 1.82) is 0 Å². The minimum Gasteiger partial charge on any atom is -0.399 e. The third kappa shape index (κ3) is 4.94. The van der Waals surface area contributed by atoms with E-state index >= 15 is 0 Å². The van der Waals surface area contributed by atoms with E-state index in [-0.39, 0.29) is 0 Å². The second-order valence-corrected chi connectivity index (χ2v) is 7.73. The molecule has 22 heavy (non-hydrogen) atoms. The maximum atomic E-state index is 6.08. The van der Waals surface area contributed by atoms with E-state index in [9.17, 15) is 0 Å². The molecule has 1 aliphatic carbocycles. The lowest BCUT2D eigenvalue weighted by Crippen LogP contribution is -2.20. The smallest absolute Gasteiger partial charge is 0.0317 e. The van der Waals surface area contributed by atoms with E-state index < -0.39 is 0 Å². The molecule has 0 amide bonds. The van der Waals surface area contributed by atoms with Gasteiger partial charge < -0.3 is 5.73 Å². The molecule has 2 N–H and O–H groups in total. The number of thiol groups is 1. The van der Waals surface area contributed by atoms with Crippen molar-refractivity contribution < 1.29 is 0 Å². The van der Waals surface area contributed by atoms with E-state index in [4.69, 9.17) is 18.4 Å². The van der Waals surface area contributed by atoms with Crippen molar-refractivity contribution in [1.82, 2.24) is 0 Å². The molecule has 1 atom stereocenters. The number of rotatable bonds is 6. The average molecular weight is 322 g/mol. The molecule has 1 nitrogen and oxygen atoms in total. The van der Waals surface area contributed by atoms with Gasteiger partial charge in [-0.25, -0.2) is 0 Å². The topological polar surface area (TPSA) is 26.0 Å². The van der Waals surface area contributed by atoms with Crippen LogP contribution in [0.5, 0.6) is 0 Å². The van der Waals surface area contributed by atoms with Crippen molar-refractivity contribution >= 4 is 12.6 Å². The monoisotopic (exact) mass is 321 g/mol. The third-order valence-electron chi connectivity index (χ3n) is 5.33. The van der Waals surface area contributed by atoms with Gasteiger partial charge >= 0.3 is 0 Å². The minimum atomic E-state index is 0.514. The van der Waals surface area contributed by atoms with Crippen LogP contribution in [0.2, 0.25) is 0 Å². The molecular formula is C20H35NS. The summed E-state index contributed by atoms with van der Waals surface area (Å²) in [6.45, 7) is 15.2. The Morgan fingerprint density at radius 3 is 2.23 bits per heavy atom. The van der Waals surface area contributed by atoms with Gasteiger partial charge in [0.25, 0.3) is 0 Å². The zero-order valence-corrected chi connectivity index (χ0v) is 16.1. The lowest BCUT2D eigenvalue weighted by atomic mass is 9.76. The predicted molar refractivity (Wildman–Crippen MR) is 103 cm³/mol. The molecule has 1 saturated carbocycles. The van der Waals surface area contributed by atoms with Crippen molar-refractivity contribution in [2.45, 2.75) is 73.1 Å². The lowest BCUT2D eigenvalue weighted by molar-refractivity contribution is 0.247. The highest BCUT2D eigenvalue weighted by molar-refractivity contribution is 7.84. The Bertz CT molecular complexity index is 450. The van der Waals surface area contributed by atoms with E-state index in [0.29, 0.717) is 11.6 Å². The Labute approximate surface area is 143 Å². The molecule has 1 fully saturated rings.